The molecule has 6 unspecified atom stereocenters. The van der Waals surface area contributed by atoms with Gasteiger partial charge in [0.15, 0.2) is 17.8 Å². The molecule has 2 aliphatic carbocycles. The normalized spacial score (nSPS) is 22.3. The molecule has 0 radical (unpaired) electrons. The Labute approximate surface area is 412 Å². The number of ether oxygens (including phenoxy) is 7. The van der Waals surface area contributed by atoms with Crippen LogP contribution >= 0.6 is 0 Å². The predicted octanol–water partition coefficient (Wildman–Crippen LogP) is 10.1. The number of non-ortho nitro benzene ring substituents is 1. The molecular weight excluding hydrogens is 915 g/mol. The van der Waals surface area contributed by atoms with Crippen molar-refractivity contribution < 1.29 is 62.7 Å². The Kier molecular flexibility index (Phi) is 15.6. The molecule has 4 aliphatic rings. The van der Waals surface area contributed by atoms with Crippen LogP contribution in [0.15, 0.2) is 108 Å². The van der Waals surface area contributed by atoms with E-state index in [1.165, 1.54) is 31.4 Å². The van der Waals surface area contributed by atoms with Crippen molar-refractivity contribution in [2.45, 2.75) is 95.6 Å². The van der Waals surface area contributed by atoms with Gasteiger partial charge in [0.2, 0.25) is 12.6 Å². The second-order valence-corrected chi connectivity index (χ2v) is 19.0. The van der Waals surface area contributed by atoms with Crippen LogP contribution < -0.4 is 28.4 Å². The molecule has 1 amide bonds. The Morgan fingerprint density at radius 3 is 2.34 bits per heavy atom. The van der Waals surface area contributed by atoms with Crippen molar-refractivity contribution in [2.24, 2.45) is 22.9 Å². The minimum absolute atomic E-state index is 0.00933. The number of aldehydes is 1. The maximum atomic E-state index is 15.2. The molecule has 2 N–H and O–H groups in total. The number of allylic oxidation sites excluding steroid dienone is 1. The van der Waals surface area contributed by atoms with E-state index in [0.717, 1.165) is 24.0 Å². The smallest absolute Gasteiger partial charge is 0.416 e. The minimum Gasteiger partial charge on any atom is -0.496 e. The molecular formula is C54H61N3O14. The van der Waals surface area contributed by atoms with Crippen LogP contribution in [0.1, 0.15) is 93.1 Å². The molecule has 71 heavy (non-hydrogen) atoms. The topological polar surface area (TPSA) is 207 Å². The number of carbonyl (C=O) groups is 2. The number of rotatable bonds is 21. The fourth-order valence-corrected chi connectivity index (χ4v) is 10.2. The number of oxime groups is 1. The zero-order chi connectivity index (χ0) is 50.3. The van der Waals surface area contributed by atoms with Crippen molar-refractivity contribution >= 4 is 23.8 Å². The number of amides is 1. The summed E-state index contributed by atoms with van der Waals surface area (Å²) in [7, 11) is 1.49. The summed E-state index contributed by atoms with van der Waals surface area (Å²) in [6.45, 7) is 9.79. The molecule has 17 heteroatoms. The number of unbranched alkanes of at least 4 members (excludes halogenated alkanes) is 2. The molecule has 4 aromatic carbocycles. The third kappa shape index (κ3) is 11.0. The Balaban J connectivity index is 1.35. The molecule has 0 spiro atoms. The molecule has 17 nitrogen and oxygen atoms in total. The van der Waals surface area contributed by atoms with Crippen LogP contribution in [-0.2, 0) is 16.1 Å². The molecule has 8 rings (SSSR count). The molecule has 6 atom stereocenters. The van der Waals surface area contributed by atoms with Crippen molar-refractivity contribution in [1.82, 2.24) is 4.90 Å². The molecule has 0 bridgehead atoms. The van der Waals surface area contributed by atoms with E-state index in [-0.39, 0.29) is 62.9 Å². The number of nitro groups is 1. The van der Waals surface area contributed by atoms with Gasteiger partial charge in [-0.2, -0.15) is 0 Å². The number of nitrogens with zero attached hydrogens (tertiary/aromatic N) is 3. The van der Waals surface area contributed by atoms with Gasteiger partial charge in [-0.05, 0) is 130 Å². The van der Waals surface area contributed by atoms with Gasteiger partial charge < -0.3 is 48.2 Å². The van der Waals surface area contributed by atoms with Crippen LogP contribution in [0, 0.1) is 27.9 Å². The van der Waals surface area contributed by atoms with Crippen molar-refractivity contribution in [3.8, 4) is 40.2 Å². The maximum Gasteiger partial charge on any atom is 0.416 e. The fourth-order valence-electron chi connectivity index (χ4n) is 10.2. The molecule has 0 aromatic heterocycles. The number of nitro benzene ring substituents is 1. The monoisotopic (exact) mass is 975 g/mol. The standard InChI is InChI=1S/C54H61N3O14/c1-6-25-67-54-49(56(31-34-13-20-47-48(26-34)66-33-65-47)52(61)69-38-16-14-37(15-17-38)57(62)63)30-44(55-71-53(2,3)4)42-28-35(11-7-9-23-58)41(12-8-10-24-59)50(51(42)54)43-29-40(19-22-46(43)70-54)68-39-18-21-45(64-5)36(27-39)32-60/h6,13-22,26-29,32,35,41,49-51,58-59H,1,7-12,23-25,30-31,33H2,2-5H3. The van der Waals surface area contributed by atoms with E-state index < -0.39 is 40.3 Å². The van der Waals surface area contributed by atoms with Crippen LogP contribution in [-0.4, -0.2) is 89.3 Å². The van der Waals surface area contributed by atoms with Gasteiger partial charge in [-0.1, -0.05) is 36.2 Å². The molecule has 2 aliphatic heterocycles. The maximum absolute atomic E-state index is 15.2. The molecule has 4 aromatic rings. The summed E-state index contributed by atoms with van der Waals surface area (Å²) in [5.41, 5.74) is 2.30. The first-order chi connectivity index (χ1) is 34.3. The first-order valence-corrected chi connectivity index (χ1v) is 24.0. The SMILES string of the molecule is C=CCOC12Oc3ccc(Oc4ccc(OC)c(C=O)c4)cc3C3C(CCCCO)C(CCCCO)C=C(C(=NOC(C)(C)C)CC1N(Cc1ccc4c(c1)OCO4)C(=O)Oc1ccc([N+](=O)[O-])cc1)C32. The van der Waals surface area contributed by atoms with Gasteiger partial charge in [0.25, 0.3) is 5.69 Å². The van der Waals surface area contributed by atoms with Crippen molar-refractivity contribution in [3.05, 3.63) is 130 Å². The molecule has 1 fully saturated rings. The summed E-state index contributed by atoms with van der Waals surface area (Å²) in [5, 5.41) is 36.6. The Bertz CT molecular complexity index is 2640. The largest absolute Gasteiger partial charge is 0.496 e. The Morgan fingerprint density at radius 2 is 1.63 bits per heavy atom. The lowest BCUT2D eigenvalue weighted by molar-refractivity contribution is -0.384. The van der Waals surface area contributed by atoms with Gasteiger partial charge in [0.05, 0.1) is 35.8 Å². The summed E-state index contributed by atoms with van der Waals surface area (Å²) in [5.74, 6) is 0.0333. The molecule has 1 saturated carbocycles. The van der Waals surface area contributed by atoms with Gasteiger partial charge >= 0.3 is 6.09 Å². The Hall–Kier alpha value is -6.95. The van der Waals surface area contributed by atoms with Crippen molar-refractivity contribution in [3.63, 3.8) is 0 Å². The molecule has 376 valence electrons. The third-order valence-corrected chi connectivity index (χ3v) is 13.3. The average Bonchev–Trinajstić information content (AvgIpc) is 3.83. The minimum atomic E-state index is -1.66. The Morgan fingerprint density at radius 1 is 0.930 bits per heavy atom. The van der Waals surface area contributed by atoms with E-state index in [9.17, 15) is 25.1 Å². The van der Waals surface area contributed by atoms with E-state index in [0.29, 0.717) is 83.3 Å². The van der Waals surface area contributed by atoms with E-state index in [1.807, 2.05) is 39.0 Å². The highest BCUT2D eigenvalue weighted by atomic mass is 16.7. The zero-order valence-corrected chi connectivity index (χ0v) is 40.5. The van der Waals surface area contributed by atoms with Gasteiger partial charge in [-0.3, -0.25) is 19.8 Å². The van der Waals surface area contributed by atoms with Crippen LogP contribution in [0.4, 0.5) is 10.5 Å². The van der Waals surface area contributed by atoms with Gasteiger partial charge in [-0.25, -0.2) is 4.79 Å². The lowest BCUT2D eigenvalue weighted by Crippen LogP contribution is -2.70. The lowest BCUT2D eigenvalue weighted by atomic mass is 9.55. The van der Waals surface area contributed by atoms with Crippen LogP contribution in [0.5, 0.6) is 40.2 Å². The van der Waals surface area contributed by atoms with E-state index in [4.69, 9.17) is 43.2 Å². The van der Waals surface area contributed by atoms with Crippen LogP contribution in [0.25, 0.3) is 0 Å². The summed E-state index contributed by atoms with van der Waals surface area (Å²) < 4.78 is 44.0. The van der Waals surface area contributed by atoms with Gasteiger partial charge in [0.1, 0.15) is 40.4 Å². The lowest BCUT2D eigenvalue weighted by Gasteiger charge is -2.60. The summed E-state index contributed by atoms with van der Waals surface area (Å²) in [4.78, 5) is 46.2. The number of carbonyl (C=O) groups excluding carboxylic acids is 2. The highest BCUT2D eigenvalue weighted by molar-refractivity contribution is 6.03. The first kappa shape index (κ1) is 50.4. The van der Waals surface area contributed by atoms with Gasteiger partial charge in [-0.15, -0.1) is 6.58 Å². The fraction of sp³-hybridized carbons (Fsp3) is 0.426. The van der Waals surface area contributed by atoms with Crippen LogP contribution in [0.2, 0.25) is 0 Å². The van der Waals surface area contributed by atoms with E-state index >= 15 is 4.79 Å². The second kappa shape index (κ2) is 22.0. The molecule has 2 heterocycles. The zero-order valence-electron chi connectivity index (χ0n) is 40.5. The summed E-state index contributed by atoms with van der Waals surface area (Å²) in [6, 6.07) is 20.2. The second-order valence-electron chi connectivity index (χ2n) is 19.0. The number of hydrogen-bond donors (Lipinski definition) is 2. The van der Waals surface area contributed by atoms with Gasteiger partial charge in [0, 0.05) is 49.8 Å². The van der Waals surface area contributed by atoms with Crippen LogP contribution in [0.3, 0.4) is 0 Å². The third-order valence-electron chi connectivity index (χ3n) is 13.3. The number of fused-ring (bicyclic) bond motifs is 3. The average molecular weight is 976 g/mol. The molecule has 0 saturated heterocycles. The first-order valence-electron chi connectivity index (χ1n) is 24.0. The van der Waals surface area contributed by atoms with E-state index in [2.05, 4.69) is 12.7 Å². The summed E-state index contributed by atoms with van der Waals surface area (Å²) >= 11 is 0. The summed E-state index contributed by atoms with van der Waals surface area (Å²) in [6.07, 6.45) is 7.90. The highest BCUT2D eigenvalue weighted by Crippen LogP contribution is 2.62. The number of aliphatic hydroxyl groups is 2. The highest BCUT2D eigenvalue weighted by Gasteiger charge is 2.66. The quantitative estimate of drug-likeness (QED) is 0.0262. The van der Waals surface area contributed by atoms with Crippen molar-refractivity contribution in [1.29, 1.82) is 0 Å². The number of aliphatic hydroxyl groups excluding tert-OH is 2. The number of hydrogen-bond acceptors (Lipinski definition) is 15. The van der Waals surface area contributed by atoms with Crippen molar-refractivity contribution in [2.75, 3.05) is 33.7 Å². The number of methoxy groups -OCH3 is 1. The predicted molar refractivity (Wildman–Crippen MR) is 261 cm³/mol. The van der Waals surface area contributed by atoms with E-state index in [1.54, 1.807) is 47.4 Å². The number of benzene rings is 4.